The largest absolute Gasteiger partial charge is 0.478 e. The highest BCUT2D eigenvalue weighted by Crippen LogP contribution is 2.17. The van der Waals surface area contributed by atoms with Gasteiger partial charge < -0.3 is 4.74 Å². The van der Waals surface area contributed by atoms with Crippen LogP contribution in [0.15, 0.2) is 48.5 Å². The zero-order valence-corrected chi connectivity index (χ0v) is 13.1. The van der Waals surface area contributed by atoms with Crippen molar-refractivity contribution in [3.05, 3.63) is 70.0 Å². The van der Waals surface area contributed by atoms with E-state index < -0.39 is 28.7 Å². The number of non-ortho nitro benzene ring substituents is 1. The van der Waals surface area contributed by atoms with E-state index in [4.69, 9.17) is 4.74 Å². The van der Waals surface area contributed by atoms with Crippen LogP contribution >= 0.6 is 0 Å². The second kappa shape index (κ2) is 7.86. The van der Waals surface area contributed by atoms with Gasteiger partial charge in [0.05, 0.1) is 4.92 Å². The second-order valence-corrected chi connectivity index (χ2v) is 4.94. The van der Waals surface area contributed by atoms with E-state index in [2.05, 4.69) is 10.9 Å². The van der Waals surface area contributed by atoms with E-state index >= 15 is 0 Å². The molecule has 2 aromatic rings. The molecule has 2 amide bonds. The minimum Gasteiger partial charge on any atom is -0.478 e. The fourth-order valence-electron chi connectivity index (χ4n) is 1.84. The maximum Gasteiger partial charge on any atom is 0.279 e. The van der Waals surface area contributed by atoms with Gasteiger partial charge in [-0.05, 0) is 25.1 Å². The molecule has 0 aromatic heterocycles. The first-order chi connectivity index (χ1) is 11.9. The molecule has 0 saturated carbocycles. The Hall–Kier alpha value is -3.49. The van der Waals surface area contributed by atoms with Crippen molar-refractivity contribution in [2.45, 2.75) is 13.0 Å². The van der Waals surface area contributed by atoms with E-state index in [1.54, 1.807) is 6.07 Å². The van der Waals surface area contributed by atoms with Crippen molar-refractivity contribution in [1.82, 2.24) is 10.9 Å². The molecule has 0 fully saturated rings. The number of hydrazine groups is 1. The molecular formula is C16H14FN3O5. The summed E-state index contributed by atoms with van der Waals surface area (Å²) in [5.74, 6) is -2.19. The average molecular weight is 347 g/mol. The minimum atomic E-state index is -1.08. The number of halogens is 1. The third-order valence-corrected chi connectivity index (χ3v) is 3.13. The smallest absolute Gasteiger partial charge is 0.279 e. The van der Waals surface area contributed by atoms with E-state index in [0.717, 1.165) is 6.07 Å². The molecule has 0 aliphatic carbocycles. The van der Waals surface area contributed by atoms with E-state index in [0.29, 0.717) is 0 Å². The van der Waals surface area contributed by atoms with E-state index in [-0.39, 0.29) is 17.0 Å². The highest BCUT2D eigenvalue weighted by atomic mass is 19.1. The Morgan fingerprint density at radius 3 is 2.56 bits per heavy atom. The number of amides is 2. The van der Waals surface area contributed by atoms with Crippen molar-refractivity contribution in [1.29, 1.82) is 0 Å². The summed E-state index contributed by atoms with van der Waals surface area (Å²) in [5, 5.41) is 10.7. The molecule has 0 aliphatic heterocycles. The summed E-state index contributed by atoms with van der Waals surface area (Å²) in [5.41, 5.74) is 3.97. The molecule has 0 spiro atoms. The number of hydrogen-bond donors (Lipinski definition) is 2. The number of carbonyl (C=O) groups excluding carboxylic acids is 2. The van der Waals surface area contributed by atoms with E-state index in [9.17, 15) is 24.1 Å². The molecule has 2 aromatic carbocycles. The maximum atomic E-state index is 13.5. The number of nitro benzene ring substituents is 1. The fraction of sp³-hybridized carbons (Fsp3) is 0.125. The first-order valence-corrected chi connectivity index (χ1v) is 7.14. The van der Waals surface area contributed by atoms with E-state index in [1.807, 2.05) is 0 Å². The number of benzene rings is 2. The van der Waals surface area contributed by atoms with E-state index in [1.165, 1.54) is 43.3 Å². The van der Waals surface area contributed by atoms with Gasteiger partial charge in [-0.15, -0.1) is 0 Å². The highest BCUT2D eigenvalue weighted by molar-refractivity contribution is 5.96. The molecule has 0 unspecified atom stereocenters. The van der Waals surface area contributed by atoms with Crippen molar-refractivity contribution in [3.8, 4) is 5.75 Å². The number of rotatable bonds is 5. The summed E-state index contributed by atoms with van der Waals surface area (Å²) < 4.78 is 18.6. The van der Waals surface area contributed by atoms with Gasteiger partial charge in [0.2, 0.25) is 0 Å². The monoisotopic (exact) mass is 347 g/mol. The van der Waals surface area contributed by atoms with Crippen LogP contribution in [0.5, 0.6) is 5.75 Å². The Balaban J connectivity index is 1.92. The molecule has 1 atom stereocenters. The zero-order chi connectivity index (χ0) is 18.4. The summed E-state index contributed by atoms with van der Waals surface area (Å²) >= 11 is 0. The fourth-order valence-corrected chi connectivity index (χ4v) is 1.84. The van der Waals surface area contributed by atoms with Crippen molar-refractivity contribution in [2.24, 2.45) is 0 Å². The third-order valence-electron chi connectivity index (χ3n) is 3.13. The first-order valence-electron chi connectivity index (χ1n) is 7.14. The summed E-state index contributed by atoms with van der Waals surface area (Å²) in [7, 11) is 0. The minimum absolute atomic E-state index is 0.00262. The molecule has 9 heteroatoms. The number of nitrogens with zero attached hydrogens (tertiary/aromatic N) is 1. The number of ether oxygens (including phenoxy) is 1. The van der Waals surface area contributed by atoms with Crippen molar-refractivity contribution in [3.63, 3.8) is 0 Å². The highest BCUT2D eigenvalue weighted by Gasteiger charge is 2.18. The molecule has 25 heavy (non-hydrogen) atoms. The molecule has 0 bridgehead atoms. The van der Waals surface area contributed by atoms with Gasteiger partial charge in [-0.25, -0.2) is 4.39 Å². The Labute approximate surface area is 141 Å². The molecule has 2 N–H and O–H groups in total. The van der Waals surface area contributed by atoms with Crippen LogP contribution in [0.3, 0.4) is 0 Å². The van der Waals surface area contributed by atoms with Gasteiger partial charge in [-0.1, -0.05) is 18.2 Å². The van der Waals surface area contributed by atoms with Crippen LogP contribution in [-0.2, 0) is 4.79 Å². The molecule has 8 nitrogen and oxygen atoms in total. The SMILES string of the molecule is C[C@@H](Oc1ccccc1F)C(=O)NNC(=O)c1cccc([N+](=O)[O-])c1. The molecule has 0 aliphatic rings. The van der Waals surface area contributed by atoms with Crippen molar-refractivity contribution in [2.75, 3.05) is 0 Å². The predicted molar refractivity (Wildman–Crippen MR) is 85.2 cm³/mol. The van der Waals surface area contributed by atoms with Crippen molar-refractivity contribution >= 4 is 17.5 Å². The lowest BCUT2D eigenvalue weighted by Gasteiger charge is -2.15. The van der Waals surface area contributed by atoms with Crippen LogP contribution in [0.2, 0.25) is 0 Å². The summed E-state index contributed by atoms with van der Waals surface area (Å²) in [6.45, 7) is 1.38. The van der Waals surface area contributed by atoms with Crippen LogP contribution in [0.1, 0.15) is 17.3 Å². The van der Waals surface area contributed by atoms with Gasteiger partial charge in [0.15, 0.2) is 17.7 Å². The first kappa shape index (κ1) is 17.9. The maximum absolute atomic E-state index is 13.5. The van der Waals surface area contributed by atoms with Crippen LogP contribution in [-0.4, -0.2) is 22.8 Å². The number of carbonyl (C=O) groups is 2. The molecule has 0 radical (unpaired) electrons. The normalized spacial score (nSPS) is 11.3. The van der Waals surface area contributed by atoms with Crippen LogP contribution in [0, 0.1) is 15.9 Å². The van der Waals surface area contributed by atoms with Gasteiger partial charge in [0.25, 0.3) is 17.5 Å². The predicted octanol–water partition coefficient (Wildman–Crippen LogP) is 1.96. The topological polar surface area (TPSA) is 111 Å². The molecular weight excluding hydrogens is 333 g/mol. The lowest BCUT2D eigenvalue weighted by Crippen LogP contribution is -2.47. The Kier molecular flexibility index (Phi) is 5.62. The van der Waals surface area contributed by atoms with Gasteiger partial charge in [-0.3, -0.25) is 30.6 Å². The Morgan fingerprint density at radius 1 is 1.16 bits per heavy atom. The van der Waals surface area contributed by atoms with Crippen LogP contribution < -0.4 is 15.6 Å². The lowest BCUT2D eigenvalue weighted by atomic mass is 10.2. The van der Waals surface area contributed by atoms with Gasteiger partial charge >= 0.3 is 0 Å². The average Bonchev–Trinajstić information content (AvgIpc) is 2.61. The standard InChI is InChI=1S/C16H14FN3O5/c1-10(25-14-8-3-2-7-13(14)17)15(21)18-19-16(22)11-5-4-6-12(9-11)20(23)24/h2-10H,1H3,(H,18,21)(H,19,22)/t10-/m1/s1. The van der Waals surface area contributed by atoms with Crippen LogP contribution in [0.25, 0.3) is 0 Å². The van der Waals surface area contributed by atoms with Crippen molar-refractivity contribution < 1.29 is 23.6 Å². The van der Waals surface area contributed by atoms with Gasteiger partial charge in [0.1, 0.15) is 0 Å². The van der Waals surface area contributed by atoms with Gasteiger partial charge in [-0.2, -0.15) is 0 Å². The molecule has 130 valence electrons. The quantitative estimate of drug-likeness (QED) is 0.634. The molecule has 0 saturated heterocycles. The molecule has 2 rings (SSSR count). The molecule has 0 heterocycles. The Morgan fingerprint density at radius 2 is 1.88 bits per heavy atom. The van der Waals surface area contributed by atoms with Crippen LogP contribution in [0.4, 0.5) is 10.1 Å². The Bertz CT molecular complexity index is 812. The van der Waals surface area contributed by atoms with Gasteiger partial charge in [0, 0.05) is 17.7 Å². The number of nitro groups is 1. The summed E-state index contributed by atoms with van der Waals surface area (Å²) in [6, 6.07) is 10.6. The second-order valence-electron chi connectivity index (χ2n) is 4.94. The number of hydrogen-bond acceptors (Lipinski definition) is 5. The zero-order valence-electron chi connectivity index (χ0n) is 13.1. The summed E-state index contributed by atoms with van der Waals surface area (Å²) in [4.78, 5) is 33.8. The summed E-state index contributed by atoms with van der Waals surface area (Å²) in [6.07, 6.45) is -1.08. The third kappa shape index (κ3) is 4.74. The number of nitrogens with one attached hydrogen (secondary N) is 2. The lowest BCUT2D eigenvalue weighted by molar-refractivity contribution is -0.384. The number of para-hydroxylation sites is 1.